The van der Waals surface area contributed by atoms with Crippen molar-refractivity contribution < 1.29 is 14.3 Å². The summed E-state index contributed by atoms with van der Waals surface area (Å²) in [5, 5.41) is 0. The number of methoxy groups -OCH3 is 1. The molecule has 1 fully saturated rings. The number of ether oxygens (including phenoxy) is 2. The molecule has 2 aliphatic rings. The fourth-order valence-corrected chi connectivity index (χ4v) is 1.64. The zero-order chi connectivity index (χ0) is 9.26. The SMILES string of the molecule is COC(C(=O)C1=CCCO1)C1CC1. The Morgan fingerprint density at radius 2 is 2.46 bits per heavy atom. The molecule has 0 spiro atoms. The number of Topliss-reactive ketones (excluding diaryl/α,β-unsaturated/α-hetero) is 1. The summed E-state index contributed by atoms with van der Waals surface area (Å²) in [5.74, 6) is 0.976. The van der Waals surface area contributed by atoms with Gasteiger partial charge in [0.05, 0.1) is 6.61 Å². The summed E-state index contributed by atoms with van der Waals surface area (Å²) < 4.78 is 10.4. The van der Waals surface area contributed by atoms with Gasteiger partial charge in [-0.25, -0.2) is 0 Å². The van der Waals surface area contributed by atoms with E-state index in [0.29, 0.717) is 18.3 Å². The van der Waals surface area contributed by atoms with Crippen molar-refractivity contribution >= 4 is 5.78 Å². The molecule has 0 aromatic carbocycles. The molecule has 0 radical (unpaired) electrons. The van der Waals surface area contributed by atoms with Gasteiger partial charge in [-0.1, -0.05) is 0 Å². The molecule has 72 valence electrons. The fourth-order valence-electron chi connectivity index (χ4n) is 1.64. The van der Waals surface area contributed by atoms with Gasteiger partial charge in [0.2, 0.25) is 5.78 Å². The van der Waals surface area contributed by atoms with Gasteiger partial charge in [0.15, 0.2) is 5.76 Å². The molecule has 2 rings (SSSR count). The summed E-state index contributed by atoms with van der Waals surface area (Å²) in [5.41, 5.74) is 0. The summed E-state index contributed by atoms with van der Waals surface area (Å²) in [6.45, 7) is 0.641. The van der Waals surface area contributed by atoms with Crippen molar-refractivity contribution in [1.29, 1.82) is 0 Å². The van der Waals surface area contributed by atoms with E-state index in [-0.39, 0.29) is 11.9 Å². The van der Waals surface area contributed by atoms with Gasteiger partial charge in [-0.2, -0.15) is 0 Å². The Morgan fingerprint density at radius 3 is 2.92 bits per heavy atom. The van der Waals surface area contributed by atoms with Crippen molar-refractivity contribution in [3.63, 3.8) is 0 Å². The van der Waals surface area contributed by atoms with Gasteiger partial charge in [0.25, 0.3) is 0 Å². The van der Waals surface area contributed by atoms with Crippen LogP contribution in [0.25, 0.3) is 0 Å². The van der Waals surface area contributed by atoms with Gasteiger partial charge < -0.3 is 9.47 Å². The summed E-state index contributed by atoms with van der Waals surface area (Å²) in [6, 6.07) is 0. The lowest BCUT2D eigenvalue weighted by molar-refractivity contribution is -0.129. The van der Waals surface area contributed by atoms with Crippen LogP contribution in [0.3, 0.4) is 0 Å². The molecule has 3 nitrogen and oxygen atoms in total. The van der Waals surface area contributed by atoms with E-state index in [1.165, 1.54) is 0 Å². The van der Waals surface area contributed by atoms with Crippen molar-refractivity contribution in [1.82, 2.24) is 0 Å². The summed E-state index contributed by atoms with van der Waals surface area (Å²) in [7, 11) is 1.59. The van der Waals surface area contributed by atoms with E-state index in [1.54, 1.807) is 7.11 Å². The molecule has 0 amide bonds. The Bertz CT molecular complexity index is 241. The highest BCUT2D eigenvalue weighted by Gasteiger charge is 2.38. The van der Waals surface area contributed by atoms with Crippen LogP contribution < -0.4 is 0 Å². The Labute approximate surface area is 77.7 Å². The van der Waals surface area contributed by atoms with Crippen molar-refractivity contribution in [3.8, 4) is 0 Å². The maximum atomic E-state index is 11.7. The first kappa shape index (κ1) is 8.75. The smallest absolute Gasteiger partial charge is 0.225 e. The average Bonchev–Trinajstić information content (AvgIpc) is 2.83. The molecule has 1 atom stereocenters. The Balaban J connectivity index is 2.00. The lowest BCUT2D eigenvalue weighted by Crippen LogP contribution is -2.26. The predicted molar refractivity (Wildman–Crippen MR) is 47.2 cm³/mol. The minimum Gasteiger partial charge on any atom is -0.490 e. The Hall–Kier alpha value is -0.830. The summed E-state index contributed by atoms with van der Waals surface area (Å²) in [4.78, 5) is 11.7. The minimum absolute atomic E-state index is 0.0301. The number of hydrogen-bond donors (Lipinski definition) is 0. The van der Waals surface area contributed by atoms with E-state index in [4.69, 9.17) is 9.47 Å². The molecule has 1 unspecified atom stereocenters. The molecule has 0 aromatic rings. The molecular weight excluding hydrogens is 168 g/mol. The first-order valence-corrected chi connectivity index (χ1v) is 4.73. The second kappa shape index (κ2) is 3.50. The third-order valence-electron chi connectivity index (χ3n) is 2.51. The first-order valence-electron chi connectivity index (χ1n) is 4.73. The van der Waals surface area contributed by atoms with Crippen molar-refractivity contribution in [3.05, 3.63) is 11.8 Å². The standard InChI is InChI=1S/C10H14O3/c1-12-10(7-4-5-7)9(11)8-3-2-6-13-8/h3,7,10H,2,4-6H2,1H3. The highest BCUT2D eigenvalue weighted by atomic mass is 16.5. The van der Waals surface area contributed by atoms with Crippen LogP contribution in [0.1, 0.15) is 19.3 Å². The average molecular weight is 182 g/mol. The third kappa shape index (κ3) is 1.75. The molecule has 0 aromatic heterocycles. The van der Waals surface area contributed by atoms with Crippen LogP contribution in [0, 0.1) is 5.92 Å². The number of carbonyl (C=O) groups excluding carboxylic acids is 1. The molecule has 1 saturated carbocycles. The maximum Gasteiger partial charge on any atom is 0.225 e. The van der Waals surface area contributed by atoms with E-state index >= 15 is 0 Å². The second-order valence-electron chi connectivity index (χ2n) is 3.56. The van der Waals surface area contributed by atoms with E-state index in [1.807, 2.05) is 6.08 Å². The maximum absolute atomic E-state index is 11.7. The van der Waals surface area contributed by atoms with Crippen molar-refractivity contribution in [2.24, 2.45) is 5.92 Å². The van der Waals surface area contributed by atoms with Crippen LogP contribution in [0.5, 0.6) is 0 Å². The largest absolute Gasteiger partial charge is 0.490 e. The number of ketones is 1. The summed E-state index contributed by atoms with van der Waals surface area (Å²) in [6.07, 6.45) is 4.66. The fraction of sp³-hybridized carbons (Fsp3) is 0.700. The molecule has 0 bridgehead atoms. The van der Waals surface area contributed by atoms with Crippen LogP contribution >= 0.6 is 0 Å². The van der Waals surface area contributed by atoms with Crippen molar-refractivity contribution in [2.75, 3.05) is 13.7 Å². The molecule has 13 heavy (non-hydrogen) atoms. The first-order chi connectivity index (χ1) is 6.33. The van der Waals surface area contributed by atoms with E-state index in [2.05, 4.69) is 0 Å². The zero-order valence-electron chi connectivity index (χ0n) is 7.79. The second-order valence-corrected chi connectivity index (χ2v) is 3.56. The van der Waals surface area contributed by atoms with Gasteiger partial charge in [0.1, 0.15) is 6.10 Å². The van der Waals surface area contributed by atoms with Crippen LogP contribution in [0.4, 0.5) is 0 Å². The van der Waals surface area contributed by atoms with Crippen LogP contribution in [-0.2, 0) is 14.3 Å². The number of rotatable bonds is 4. The van der Waals surface area contributed by atoms with Crippen LogP contribution in [-0.4, -0.2) is 25.6 Å². The molecular formula is C10H14O3. The van der Waals surface area contributed by atoms with Gasteiger partial charge in [-0.15, -0.1) is 0 Å². The van der Waals surface area contributed by atoms with Crippen LogP contribution in [0.2, 0.25) is 0 Å². The Kier molecular flexibility index (Phi) is 2.36. The summed E-state index contributed by atoms with van der Waals surface area (Å²) >= 11 is 0. The minimum atomic E-state index is -0.260. The normalized spacial score (nSPS) is 23.6. The van der Waals surface area contributed by atoms with Gasteiger partial charge in [-0.3, -0.25) is 4.79 Å². The quantitative estimate of drug-likeness (QED) is 0.657. The lowest BCUT2D eigenvalue weighted by atomic mass is 10.1. The molecule has 1 aliphatic heterocycles. The Morgan fingerprint density at radius 1 is 1.69 bits per heavy atom. The van der Waals surface area contributed by atoms with Gasteiger partial charge in [-0.05, 0) is 24.8 Å². The number of hydrogen-bond acceptors (Lipinski definition) is 3. The van der Waals surface area contributed by atoms with Crippen molar-refractivity contribution in [2.45, 2.75) is 25.4 Å². The van der Waals surface area contributed by atoms with E-state index in [9.17, 15) is 4.79 Å². The predicted octanol–water partition coefficient (Wildman–Crippen LogP) is 1.28. The lowest BCUT2D eigenvalue weighted by Gasteiger charge is -2.13. The highest BCUT2D eigenvalue weighted by Crippen LogP contribution is 2.35. The van der Waals surface area contributed by atoms with Crippen LogP contribution in [0.15, 0.2) is 11.8 Å². The molecule has 3 heteroatoms. The topological polar surface area (TPSA) is 35.5 Å². The van der Waals surface area contributed by atoms with Gasteiger partial charge in [0, 0.05) is 13.5 Å². The van der Waals surface area contributed by atoms with Gasteiger partial charge >= 0.3 is 0 Å². The van der Waals surface area contributed by atoms with E-state index < -0.39 is 0 Å². The molecule has 1 heterocycles. The van der Waals surface area contributed by atoms with E-state index in [0.717, 1.165) is 19.3 Å². The third-order valence-corrected chi connectivity index (χ3v) is 2.51. The molecule has 1 aliphatic carbocycles. The molecule has 0 N–H and O–H groups in total. The monoisotopic (exact) mass is 182 g/mol. The molecule has 0 saturated heterocycles. The number of carbonyl (C=O) groups is 1. The highest BCUT2D eigenvalue weighted by molar-refractivity contribution is 5.97. The zero-order valence-corrected chi connectivity index (χ0v) is 7.79.